The monoisotopic (exact) mass is 515 g/mol. The van der Waals surface area contributed by atoms with Gasteiger partial charge in [0, 0.05) is 25.9 Å². The molecule has 2 heterocycles. The summed E-state index contributed by atoms with van der Waals surface area (Å²) >= 11 is 0. The Morgan fingerprint density at radius 2 is 1.79 bits per heavy atom. The molecule has 2 rings (SSSR count). The molecule has 1 fully saturated rings. The maximum absolute atomic E-state index is 11.3. The molecule has 2 aliphatic rings. The lowest BCUT2D eigenvalue weighted by atomic mass is 9.85. The summed E-state index contributed by atoms with van der Waals surface area (Å²) < 4.78 is 51.3. The Morgan fingerprint density at radius 1 is 1.15 bits per heavy atom. The van der Waals surface area contributed by atoms with Crippen molar-refractivity contribution in [2.75, 3.05) is 19.8 Å². The first-order valence-electron chi connectivity index (χ1n) is 10.3. The predicted molar refractivity (Wildman–Crippen MR) is 108 cm³/mol. The molecule has 34 heavy (non-hydrogen) atoms. The minimum absolute atomic E-state index is 0.0226. The number of carbonyl (C=O) groups is 2. The number of carboxylic acid groups (broad SMARTS) is 1. The fourth-order valence-electron chi connectivity index (χ4n) is 3.81. The molecule has 0 aliphatic carbocycles. The molecule has 1 amide bonds. The van der Waals surface area contributed by atoms with Gasteiger partial charge in [-0.1, -0.05) is 0 Å². The number of nitrogens with one attached hydrogen (secondary N) is 1. The predicted octanol–water partition coefficient (Wildman–Crippen LogP) is -3.11. The van der Waals surface area contributed by atoms with Crippen LogP contribution in [0.15, 0.2) is 11.8 Å². The van der Waals surface area contributed by atoms with E-state index in [9.17, 15) is 38.4 Å². The van der Waals surface area contributed by atoms with Crippen molar-refractivity contribution in [3.05, 3.63) is 11.8 Å². The van der Waals surface area contributed by atoms with E-state index in [4.69, 9.17) is 23.9 Å². The lowest BCUT2D eigenvalue weighted by Crippen LogP contribution is -2.61. The Morgan fingerprint density at radius 3 is 2.35 bits per heavy atom. The molecular weight excluding hydrogens is 486 g/mol. The van der Waals surface area contributed by atoms with Gasteiger partial charge in [-0.2, -0.15) is 8.42 Å². The molecule has 0 aromatic carbocycles. The highest BCUT2D eigenvalue weighted by molar-refractivity contribution is 7.80. The number of rotatable bonds is 11. The zero-order valence-electron chi connectivity index (χ0n) is 18.1. The Kier molecular flexibility index (Phi) is 10.2. The molecule has 7 N–H and O–H groups in total. The quantitative estimate of drug-likeness (QED) is 0.106. The van der Waals surface area contributed by atoms with Gasteiger partial charge in [-0.15, -0.1) is 0 Å². The van der Waals surface area contributed by atoms with Crippen molar-refractivity contribution >= 4 is 22.3 Å². The van der Waals surface area contributed by atoms with Crippen molar-refractivity contribution in [3.63, 3.8) is 0 Å². The van der Waals surface area contributed by atoms with Crippen molar-refractivity contribution in [2.45, 2.75) is 62.6 Å². The normalized spacial score (nSPS) is 34.1. The number of hydrogen-bond acceptors (Lipinski definition) is 12. The number of aliphatic carboxylic acids is 1. The zero-order valence-corrected chi connectivity index (χ0v) is 18.9. The summed E-state index contributed by atoms with van der Waals surface area (Å²) in [7, 11) is -4.98. The molecule has 0 radical (unpaired) electrons. The summed E-state index contributed by atoms with van der Waals surface area (Å²) in [5.74, 6) is -3.37. The van der Waals surface area contributed by atoms with E-state index in [-0.39, 0.29) is 26.1 Å². The average molecular weight is 515 g/mol. The van der Waals surface area contributed by atoms with Crippen LogP contribution in [0, 0.1) is 5.92 Å². The van der Waals surface area contributed by atoms with Crippen LogP contribution in [0.4, 0.5) is 0 Å². The second-order valence-electron chi connectivity index (χ2n) is 7.79. The number of aliphatic hydroxyl groups excluding tert-OH is 4. The van der Waals surface area contributed by atoms with Gasteiger partial charge >= 0.3 is 16.4 Å². The number of ether oxygens (including phenoxy) is 3. The molecule has 0 unspecified atom stereocenters. The number of amides is 1. The first-order chi connectivity index (χ1) is 15.8. The molecule has 1 saturated heterocycles. The van der Waals surface area contributed by atoms with Crippen molar-refractivity contribution in [2.24, 2.45) is 5.92 Å². The number of hydrogen-bond donors (Lipinski definition) is 7. The van der Waals surface area contributed by atoms with E-state index in [0.29, 0.717) is 0 Å². The maximum Gasteiger partial charge on any atom is 0.397 e. The van der Waals surface area contributed by atoms with E-state index in [1.54, 1.807) is 0 Å². The smallest absolute Gasteiger partial charge is 0.397 e. The van der Waals surface area contributed by atoms with Crippen LogP contribution in [0.3, 0.4) is 0 Å². The third kappa shape index (κ3) is 7.82. The third-order valence-corrected chi connectivity index (χ3v) is 5.81. The summed E-state index contributed by atoms with van der Waals surface area (Å²) in [4.78, 5) is 22.5. The Labute approximate surface area is 194 Å². The van der Waals surface area contributed by atoms with Crippen molar-refractivity contribution in [1.29, 1.82) is 0 Å². The van der Waals surface area contributed by atoms with Crippen LogP contribution in [0.5, 0.6) is 0 Å². The van der Waals surface area contributed by atoms with Gasteiger partial charge in [0.2, 0.25) is 11.7 Å². The minimum Gasteiger partial charge on any atom is -0.480 e. The van der Waals surface area contributed by atoms with E-state index in [0.717, 1.165) is 6.08 Å². The molecule has 15 nitrogen and oxygen atoms in total. The summed E-state index contributed by atoms with van der Waals surface area (Å²) in [6.07, 6.45) is -7.67. The molecule has 2 aliphatic heterocycles. The fraction of sp³-hybridized carbons (Fsp3) is 0.778. The Bertz CT molecular complexity index is 848. The van der Waals surface area contributed by atoms with Gasteiger partial charge in [-0.25, -0.2) is 8.98 Å². The first-order valence-corrected chi connectivity index (χ1v) is 11.6. The Balaban J connectivity index is 1.94. The van der Waals surface area contributed by atoms with Gasteiger partial charge in [-0.05, 0) is 12.5 Å². The van der Waals surface area contributed by atoms with Crippen molar-refractivity contribution in [3.8, 4) is 0 Å². The second kappa shape index (κ2) is 12.2. The summed E-state index contributed by atoms with van der Waals surface area (Å²) in [5.41, 5.74) is 0. The zero-order chi connectivity index (χ0) is 25.6. The van der Waals surface area contributed by atoms with Gasteiger partial charge in [0.05, 0.1) is 25.4 Å². The van der Waals surface area contributed by atoms with Crippen LogP contribution in [0.1, 0.15) is 19.8 Å². The van der Waals surface area contributed by atoms with Crippen LogP contribution < -0.4 is 5.32 Å². The molecule has 0 spiro atoms. The van der Waals surface area contributed by atoms with Gasteiger partial charge in [0.15, 0.2) is 6.29 Å². The SMILES string of the molecule is CC(=O)N[C@@H]1[C@@H](O)[C@H](CCOCC[C@@H]2OC(C(=O)O)=C[C@H](O)[C@H]2OS(=O)(=O)O)[C@@H](CO)O[C@@H]1O. The average Bonchev–Trinajstić information content (AvgIpc) is 2.72. The van der Waals surface area contributed by atoms with E-state index in [2.05, 4.69) is 9.50 Å². The van der Waals surface area contributed by atoms with E-state index >= 15 is 0 Å². The lowest BCUT2D eigenvalue weighted by molar-refractivity contribution is -0.240. The summed E-state index contributed by atoms with van der Waals surface area (Å²) in [6, 6.07) is -1.12. The van der Waals surface area contributed by atoms with Crippen LogP contribution in [0.25, 0.3) is 0 Å². The van der Waals surface area contributed by atoms with Crippen molar-refractivity contribution in [1.82, 2.24) is 5.32 Å². The fourth-order valence-corrected chi connectivity index (χ4v) is 4.33. The molecule has 16 heteroatoms. The van der Waals surface area contributed by atoms with Gasteiger partial charge in [0.25, 0.3) is 0 Å². The summed E-state index contributed by atoms with van der Waals surface area (Å²) in [5, 5.41) is 51.5. The standard InChI is InChI=1S/C18H29NO14S/c1-8(21)19-14-15(23)9(13(7-20)32-18(14)26)2-4-30-5-3-11-16(33-34(27,28)29)10(22)6-12(31-11)17(24)25/h6,9-11,13-16,18,20,22-23,26H,2-5,7H2,1H3,(H,19,21)(H,24,25)(H,27,28,29)/t9-,10+,11+,13-,14-,15+,16-,18+/m1/s1. The molecule has 0 saturated carbocycles. The molecule has 0 bridgehead atoms. The van der Waals surface area contributed by atoms with Gasteiger partial charge in [0.1, 0.15) is 24.4 Å². The molecule has 8 atom stereocenters. The Hall–Kier alpha value is -1.89. The van der Waals surface area contributed by atoms with E-state index < -0.39 is 83.4 Å². The molecule has 0 aromatic heterocycles. The van der Waals surface area contributed by atoms with Crippen molar-refractivity contribution < 1.29 is 66.5 Å². The van der Waals surface area contributed by atoms with Crippen LogP contribution in [-0.4, -0.2) is 113 Å². The number of carbonyl (C=O) groups excluding carboxylic acids is 1. The van der Waals surface area contributed by atoms with Crippen LogP contribution in [0.2, 0.25) is 0 Å². The van der Waals surface area contributed by atoms with E-state index in [1.807, 2.05) is 0 Å². The second-order valence-corrected chi connectivity index (χ2v) is 8.84. The van der Waals surface area contributed by atoms with Gasteiger partial charge < -0.3 is 45.1 Å². The van der Waals surface area contributed by atoms with Gasteiger partial charge in [-0.3, -0.25) is 9.35 Å². The van der Waals surface area contributed by atoms with Crippen LogP contribution in [-0.2, 0) is 38.4 Å². The molecule has 196 valence electrons. The van der Waals surface area contributed by atoms with Crippen LogP contribution >= 0.6 is 0 Å². The number of aliphatic hydroxyl groups is 4. The number of carboxylic acids is 1. The highest BCUT2D eigenvalue weighted by atomic mass is 32.3. The largest absolute Gasteiger partial charge is 0.480 e. The lowest BCUT2D eigenvalue weighted by Gasteiger charge is -2.42. The highest BCUT2D eigenvalue weighted by Crippen LogP contribution is 2.28. The minimum atomic E-state index is -4.98. The maximum atomic E-state index is 11.3. The van der Waals surface area contributed by atoms with E-state index in [1.165, 1.54) is 6.92 Å². The highest BCUT2D eigenvalue weighted by Gasteiger charge is 2.44. The topological polar surface area (TPSA) is 239 Å². The summed E-state index contributed by atoms with van der Waals surface area (Å²) in [6.45, 7) is 0.522. The molecular formula is C18H29NO14S. The third-order valence-electron chi connectivity index (χ3n) is 5.34. The first kappa shape index (κ1) is 28.3. The molecule has 0 aromatic rings.